The molecule has 0 unspecified atom stereocenters. The van der Waals surface area contributed by atoms with Gasteiger partial charge in [0.05, 0.1) is 11.2 Å². The highest BCUT2D eigenvalue weighted by Crippen LogP contribution is 2.27. The second-order valence-corrected chi connectivity index (χ2v) is 5.78. The van der Waals surface area contributed by atoms with Gasteiger partial charge in [-0.25, -0.2) is 0 Å². The van der Waals surface area contributed by atoms with Gasteiger partial charge in [0, 0.05) is 23.4 Å². The van der Waals surface area contributed by atoms with Crippen molar-refractivity contribution in [1.29, 1.82) is 0 Å². The summed E-state index contributed by atoms with van der Waals surface area (Å²) in [5, 5.41) is 13.1. The Kier molecular flexibility index (Phi) is 4.35. The standard InChI is InChI=1S/C13H17BrN2O2/c14-11-6-10(7-15-8-11)12(17)16-9-13(18)4-2-1-3-5-13/h6-8,18H,1-5,9H2,(H,16,17). The summed E-state index contributed by atoms with van der Waals surface area (Å²) >= 11 is 3.28. The van der Waals surface area contributed by atoms with Crippen LogP contribution in [0.5, 0.6) is 0 Å². The molecule has 18 heavy (non-hydrogen) atoms. The molecule has 5 heteroatoms. The lowest BCUT2D eigenvalue weighted by Gasteiger charge is -2.32. The quantitative estimate of drug-likeness (QED) is 0.900. The number of rotatable bonds is 3. The highest BCUT2D eigenvalue weighted by molar-refractivity contribution is 9.10. The van der Waals surface area contributed by atoms with Crippen molar-refractivity contribution in [2.24, 2.45) is 0 Å². The van der Waals surface area contributed by atoms with E-state index in [4.69, 9.17) is 0 Å². The molecular weight excluding hydrogens is 296 g/mol. The molecule has 1 aromatic heterocycles. The van der Waals surface area contributed by atoms with E-state index in [0.717, 1.165) is 30.2 Å². The first kappa shape index (κ1) is 13.5. The van der Waals surface area contributed by atoms with Crippen LogP contribution in [0.25, 0.3) is 0 Å². The van der Waals surface area contributed by atoms with Crippen molar-refractivity contribution in [2.45, 2.75) is 37.7 Å². The number of aromatic nitrogens is 1. The molecule has 1 amide bonds. The Morgan fingerprint density at radius 1 is 1.39 bits per heavy atom. The molecule has 1 aromatic rings. The van der Waals surface area contributed by atoms with Crippen LogP contribution in [0.15, 0.2) is 22.9 Å². The maximum absolute atomic E-state index is 11.9. The van der Waals surface area contributed by atoms with Gasteiger partial charge in [0.15, 0.2) is 0 Å². The molecule has 0 bridgehead atoms. The fourth-order valence-corrected chi connectivity index (χ4v) is 2.63. The number of aliphatic hydroxyl groups is 1. The van der Waals surface area contributed by atoms with E-state index < -0.39 is 5.60 Å². The predicted octanol–water partition coefficient (Wildman–Crippen LogP) is 2.27. The molecular formula is C13H17BrN2O2. The summed E-state index contributed by atoms with van der Waals surface area (Å²) in [6.07, 6.45) is 7.92. The van der Waals surface area contributed by atoms with Gasteiger partial charge in [0.1, 0.15) is 0 Å². The van der Waals surface area contributed by atoms with Gasteiger partial charge in [-0.2, -0.15) is 0 Å². The van der Waals surface area contributed by atoms with E-state index in [-0.39, 0.29) is 5.91 Å². The van der Waals surface area contributed by atoms with Crippen LogP contribution in [0, 0.1) is 0 Å². The van der Waals surface area contributed by atoms with Crippen LogP contribution in [0.4, 0.5) is 0 Å². The van der Waals surface area contributed by atoms with Crippen molar-refractivity contribution >= 4 is 21.8 Å². The summed E-state index contributed by atoms with van der Waals surface area (Å²) in [7, 11) is 0. The maximum atomic E-state index is 11.9. The van der Waals surface area contributed by atoms with Gasteiger partial charge < -0.3 is 10.4 Å². The highest BCUT2D eigenvalue weighted by atomic mass is 79.9. The van der Waals surface area contributed by atoms with E-state index in [2.05, 4.69) is 26.2 Å². The third-order valence-electron chi connectivity index (χ3n) is 3.33. The average molecular weight is 313 g/mol. The smallest absolute Gasteiger partial charge is 0.252 e. The van der Waals surface area contributed by atoms with Gasteiger partial charge in [-0.05, 0) is 34.8 Å². The number of nitrogens with zero attached hydrogens (tertiary/aromatic N) is 1. The van der Waals surface area contributed by atoms with Crippen molar-refractivity contribution < 1.29 is 9.90 Å². The topological polar surface area (TPSA) is 62.2 Å². The fourth-order valence-electron chi connectivity index (χ4n) is 2.27. The normalized spacial score (nSPS) is 18.3. The Bertz CT molecular complexity index is 431. The molecule has 98 valence electrons. The highest BCUT2D eigenvalue weighted by Gasteiger charge is 2.29. The SMILES string of the molecule is O=C(NCC1(O)CCCCC1)c1cncc(Br)c1. The van der Waals surface area contributed by atoms with E-state index in [1.807, 2.05) is 0 Å². The molecule has 1 heterocycles. The summed E-state index contributed by atoms with van der Waals surface area (Å²) < 4.78 is 0.770. The maximum Gasteiger partial charge on any atom is 0.252 e. The van der Waals surface area contributed by atoms with Crippen molar-refractivity contribution in [3.8, 4) is 0 Å². The summed E-state index contributed by atoms with van der Waals surface area (Å²) in [6, 6.07) is 1.72. The van der Waals surface area contributed by atoms with Crippen molar-refractivity contribution in [3.63, 3.8) is 0 Å². The first-order valence-electron chi connectivity index (χ1n) is 6.20. The molecule has 0 aliphatic heterocycles. The van der Waals surface area contributed by atoms with Crippen LogP contribution in [-0.2, 0) is 0 Å². The zero-order chi connectivity index (χ0) is 13.0. The monoisotopic (exact) mass is 312 g/mol. The number of hydrogen-bond donors (Lipinski definition) is 2. The number of pyridine rings is 1. The average Bonchev–Trinajstić information content (AvgIpc) is 2.37. The Morgan fingerprint density at radius 3 is 2.78 bits per heavy atom. The summed E-state index contributed by atoms with van der Waals surface area (Å²) in [4.78, 5) is 15.8. The number of carbonyl (C=O) groups excluding carboxylic acids is 1. The number of hydrogen-bond acceptors (Lipinski definition) is 3. The van der Waals surface area contributed by atoms with Gasteiger partial charge in [-0.3, -0.25) is 9.78 Å². The predicted molar refractivity (Wildman–Crippen MR) is 72.3 cm³/mol. The van der Waals surface area contributed by atoms with E-state index in [1.165, 1.54) is 12.6 Å². The lowest BCUT2D eigenvalue weighted by molar-refractivity contribution is 0.00525. The first-order valence-corrected chi connectivity index (χ1v) is 7.00. The summed E-state index contributed by atoms with van der Waals surface area (Å²) in [6.45, 7) is 0.318. The number of carbonyl (C=O) groups is 1. The van der Waals surface area contributed by atoms with Gasteiger partial charge in [0.25, 0.3) is 5.91 Å². The molecule has 0 saturated heterocycles. The molecule has 2 rings (SSSR count). The van der Waals surface area contributed by atoms with Crippen molar-refractivity contribution in [3.05, 3.63) is 28.5 Å². The third-order valence-corrected chi connectivity index (χ3v) is 3.76. The minimum absolute atomic E-state index is 0.192. The van der Waals surface area contributed by atoms with E-state index >= 15 is 0 Å². The largest absolute Gasteiger partial charge is 0.388 e. The molecule has 0 atom stereocenters. The van der Waals surface area contributed by atoms with Crippen LogP contribution in [0.3, 0.4) is 0 Å². The molecule has 1 aliphatic rings. The molecule has 4 nitrogen and oxygen atoms in total. The van der Waals surface area contributed by atoms with Crippen LogP contribution in [0.1, 0.15) is 42.5 Å². The second kappa shape index (κ2) is 5.80. The number of halogens is 1. The molecule has 2 N–H and O–H groups in total. The Hall–Kier alpha value is -0.940. The third kappa shape index (κ3) is 3.53. The fraction of sp³-hybridized carbons (Fsp3) is 0.538. The summed E-state index contributed by atoms with van der Waals surface area (Å²) in [5.74, 6) is -0.192. The van der Waals surface area contributed by atoms with Gasteiger partial charge >= 0.3 is 0 Å². The van der Waals surface area contributed by atoms with Gasteiger partial charge in [-0.15, -0.1) is 0 Å². The van der Waals surface area contributed by atoms with Crippen LogP contribution in [-0.4, -0.2) is 28.1 Å². The van der Waals surface area contributed by atoms with E-state index in [9.17, 15) is 9.90 Å². The number of nitrogens with one attached hydrogen (secondary N) is 1. The molecule has 0 spiro atoms. The molecule has 1 fully saturated rings. The molecule has 0 aromatic carbocycles. The van der Waals surface area contributed by atoms with Crippen molar-refractivity contribution in [2.75, 3.05) is 6.54 Å². The van der Waals surface area contributed by atoms with E-state index in [0.29, 0.717) is 12.1 Å². The number of amides is 1. The van der Waals surface area contributed by atoms with Crippen LogP contribution < -0.4 is 5.32 Å². The Balaban J connectivity index is 1.92. The lowest BCUT2D eigenvalue weighted by atomic mass is 9.85. The van der Waals surface area contributed by atoms with Crippen LogP contribution in [0.2, 0.25) is 0 Å². The zero-order valence-corrected chi connectivity index (χ0v) is 11.7. The zero-order valence-electron chi connectivity index (χ0n) is 10.2. The molecule has 1 saturated carbocycles. The second-order valence-electron chi connectivity index (χ2n) is 4.86. The molecule has 0 radical (unpaired) electrons. The lowest BCUT2D eigenvalue weighted by Crippen LogP contribution is -2.44. The molecule has 1 aliphatic carbocycles. The Morgan fingerprint density at radius 2 is 2.11 bits per heavy atom. The van der Waals surface area contributed by atoms with Crippen molar-refractivity contribution in [1.82, 2.24) is 10.3 Å². The van der Waals surface area contributed by atoms with Gasteiger partial charge in [0.2, 0.25) is 0 Å². The van der Waals surface area contributed by atoms with E-state index in [1.54, 1.807) is 12.3 Å². The Labute approximate surface area is 115 Å². The van der Waals surface area contributed by atoms with Crippen LogP contribution >= 0.6 is 15.9 Å². The minimum atomic E-state index is -0.729. The van der Waals surface area contributed by atoms with Gasteiger partial charge in [-0.1, -0.05) is 19.3 Å². The summed E-state index contributed by atoms with van der Waals surface area (Å²) in [5.41, 5.74) is -0.225. The minimum Gasteiger partial charge on any atom is -0.388 e. The first-order chi connectivity index (χ1) is 8.59.